The van der Waals surface area contributed by atoms with Crippen molar-refractivity contribution in [2.75, 3.05) is 137 Å². The maximum atomic E-state index is 14.3. The molecule has 3 aliphatic heterocycles. The lowest BCUT2D eigenvalue weighted by Gasteiger charge is -2.35. The number of imide groups is 1. The van der Waals surface area contributed by atoms with Gasteiger partial charge in [-0.2, -0.15) is 0 Å². The number of nitrogens with one attached hydrogen (secondary N) is 3. The number of esters is 1. The minimum Gasteiger partial charge on any atom is -0.457 e. The van der Waals surface area contributed by atoms with Crippen molar-refractivity contribution >= 4 is 64.4 Å². The topological polar surface area (TPSA) is 371 Å². The van der Waals surface area contributed by atoms with Gasteiger partial charge in [0.25, 0.3) is 17.4 Å². The number of ether oxygens (including phenoxy) is 14. The quantitative estimate of drug-likeness (QED) is 0.0146. The smallest absolute Gasteiger partial charge is 0.457 e. The molecule has 1 fully saturated rings. The van der Waals surface area contributed by atoms with Crippen molar-refractivity contribution in [3.05, 3.63) is 111 Å². The number of aryl methyl sites for hydroxylation is 1. The number of cyclic esters (lactones) is 1. The first-order valence-electron chi connectivity index (χ1n) is 35.0. The van der Waals surface area contributed by atoms with Crippen molar-refractivity contribution in [2.24, 2.45) is 11.8 Å². The molecule has 3 N–H and O–H groups in total. The zero-order valence-corrected chi connectivity index (χ0v) is 59.5. The van der Waals surface area contributed by atoms with Gasteiger partial charge in [0.1, 0.15) is 43.5 Å². The Morgan fingerprint density at radius 3 is 1.88 bits per heavy atom. The standard InChI is InChI=1S/C72H93N9O23/c1-6-54-55-38-53(102-70(90)103-71(3,4)5)16-17-59(55)76-65-56(54)43-80-60(65)39-58-57(67(80)87)45-100-68(88)72(58,7-2)104-69(89)101-44-49-10-14-51(15-11-49)75-62(83)47-99-46-61(82)73-20-22-91-24-26-93-28-30-95-32-34-97-36-37-98-35-33-96-31-29-94-27-25-92-23-21-79-42-52(77-78-79)40-74-66(86)50-12-8-48(9-13-50)41-81-63(84)18-19-64(81)85/h10-11,14-19,38-39,42,48,50H,6-9,12-13,20-37,40-41,43-47H2,1-5H3,(H,73,82)(H,74,86)(H,75,83)/t48?,50?,72-/m0/s1. The number of rotatable bonds is 43. The maximum Gasteiger partial charge on any atom is 0.514 e. The van der Waals surface area contributed by atoms with Gasteiger partial charge in [0.15, 0.2) is 0 Å². The second-order valence-corrected chi connectivity index (χ2v) is 25.7. The van der Waals surface area contributed by atoms with Crippen LogP contribution < -0.4 is 26.2 Å². The third-order valence-corrected chi connectivity index (χ3v) is 17.2. The van der Waals surface area contributed by atoms with Crippen LogP contribution in [0.2, 0.25) is 0 Å². The number of hydrogen-bond donors (Lipinski definition) is 3. The second-order valence-electron chi connectivity index (χ2n) is 25.7. The summed E-state index contributed by atoms with van der Waals surface area (Å²) in [5.74, 6) is -2.01. The molecule has 0 radical (unpaired) electrons. The fraction of sp³-hybridized carbons (Fsp3) is 0.556. The highest BCUT2D eigenvalue weighted by Gasteiger charge is 2.51. The molecule has 1 atom stereocenters. The number of benzene rings is 2. The molecule has 1 saturated carbocycles. The molecule has 32 nitrogen and oxygen atoms in total. The summed E-state index contributed by atoms with van der Waals surface area (Å²) in [6.45, 7) is 15.2. The average molecular weight is 1450 g/mol. The molecular weight excluding hydrogens is 1360 g/mol. The second kappa shape index (κ2) is 39.7. The van der Waals surface area contributed by atoms with Gasteiger partial charge in [0, 0.05) is 53.4 Å². The minimum atomic E-state index is -2.02. The van der Waals surface area contributed by atoms with Gasteiger partial charge in [-0.15, -0.1) is 5.10 Å². The predicted octanol–water partition coefficient (Wildman–Crippen LogP) is 5.16. The molecule has 3 aromatic heterocycles. The molecule has 32 heteroatoms. The van der Waals surface area contributed by atoms with Gasteiger partial charge in [-0.1, -0.05) is 31.2 Å². The highest BCUT2D eigenvalue weighted by atomic mass is 16.7. The van der Waals surface area contributed by atoms with Gasteiger partial charge in [-0.25, -0.2) is 24.0 Å². The van der Waals surface area contributed by atoms with Crippen molar-refractivity contribution < 1.29 is 105 Å². The van der Waals surface area contributed by atoms with Gasteiger partial charge < -0.3 is 86.8 Å². The van der Waals surface area contributed by atoms with E-state index in [4.69, 9.17) is 71.3 Å². The number of fused-ring (bicyclic) bond motifs is 5. The van der Waals surface area contributed by atoms with E-state index in [1.165, 1.54) is 17.1 Å². The Hall–Kier alpha value is -9.12. The monoisotopic (exact) mass is 1450 g/mol. The first-order chi connectivity index (χ1) is 50.3. The van der Waals surface area contributed by atoms with Crippen LogP contribution in [0.15, 0.2) is 71.7 Å². The number of carbonyl (C=O) groups excluding carboxylic acids is 8. The molecule has 0 unspecified atom stereocenters. The minimum absolute atomic E-state index is 0.0267. The summed E-state index contributed by atoms with van der Waals surface area (Å²) in [6.07, 6.45) is 5.79. The van der Waals surface area contributed by atoms with Gasteiger partial charge in [-0.3, -0.25) is 33.7 Å². The Labute approximate surface area is 601 Å². The van der Waals surface area contributed by atoms with Crippen LogP contribution in [0.1, 0.15) is 100 Å². The van der Waals surface area contributed by atoms with Gasteiger partial charge in [0.2, 0.25) is 23.3 Å². The Bertz CT molecular complexity index is 3830. The van der Waals surface area contributed by atoms with Crippen molar-refractivity contribution in [1.29, 1.82) is 0 Å². The van der Waals surface area contributed by atoms with E-state index in [9.17, 15) is 43.2 Å². The number of carbonyl (C=O) groups is 8. The molecular formula is C72H93N9O23. The van der Waals surface area contributed by atoms with Gasteiger partial charge >= 0.3 is 18.3 Å². The Morgan fingerprint density at radius 2 is 1.28 bits per heavy atom. The largest absolute Gasteiger partial charge is 0.514 e. The van der Waals surface area contributed by atoms with Crippen LogP contribution in [-0.2, 0) is 135 Å². The lowest BCUT2D eigenvalue weighted by molar-refractivity contribution is -0.175. The summed E-state index contributed by atoms with van der Waals surface area (Å²) >= 11 is 0. The fourth-order valence-electron chi connectivity index (χ4n) is 12.0. The third-order valence-electron chi connectivity index (χ3n) is 17.2. The fourth-order valence-corrected chi connectivity index (χ4v) is 12.0. The summed E-state index contributed by atoms with van der Waals surface area (Å²) in [4.78, 5) is 121. The molecule has 0 spiro atoms. The number of aromatic nitrogens is 5. The zero-order chi connectivity index (χ0) is 73.9. The van der Waals surface area contributed by atoms with Crippen molar-refractivity contribution in [3.8, 4) is 17.1 Å². The molecule has 0 bridgehead atoms. The van der Waals surface area contributed by atoms with E-state index in [2.05, 4.69) is 26.3 Å². The lowest BCUT2D eigenvalue weighted by Crippen LogP contribution is -2.47. The molecule has 6 heterocycles. The number of nitrogens with zero attached hydrogens (tertiary/aromatic N) is 6. The van der Waals surface area contributed by atoms with Crippen molar-refractivity contribution in [3.63, 3.8) is 0 Å². The Morgan fingerprint density at radius 1 is 0.673 bits per heavy atom. The zero-order valence-electron chi connectivity index (χ0n) is 59.5. The maximum absolute atomic E-state index is 14.3. The molecule has 564 valence electrons. The van der Waals surface area contributed by atoms with Crippen molar-refractivity contribution in [2.45, 2.75) is 117 Å². The van der Waals surface area contributed by atoms with E-state index in [1.54, 1.807) is 91.7 Å². The van der Waals surface area contributed by atoms with E-state index in [0.29, 0.717) is 165 Å². The molecule has 5 aromatic rings. The third kappa shape index (κ3) is 23.2. The van der Waals surface area contributed by atoms with Crippen LogP contribution >= 0.6 is 0 Å². The molecule has 9 rings (SSSR count). The van der Waals surface area contributed by atoms with Crippen LogP contribution in [0.25, 0.3) is 22.3 Å². The molecule has 2 aromatic carbocycles. The molecule has 5 amide bonds. The molecule has 1 aliphatic carbocycles. The Kier molecular flexibility index (Phi) is 30.1. The van der Waals surface area contributed by atoms with Gasteiger partial charge in [0.05, 0.1) is 154 Å². The van der Waals surface area contributed by atoms with Crippen LogP contribution in [0.4, 0.5) is 15.3 Å². The van der Waals surface area contributed by atoms with Crippen LogP contribution in [0.3, 0.4) is 0 Å². The van der Waals surface area contributed by atoms with Crippen molar-refractivity contribution in [1.82, 2.24) is 40.1 Å². The first-order valence-corrected chi connectivity index (χ1v) is 35.0. The number of anilines is 1. The highest BCUT2D eigenvalue weighted by molar-refractivity contribution is 6.12. The van der Waals surface area contributed by atoms with E-state index in [-0.39, 0.29) is 98.9 Å². The number of amides is 5. The summed E-state index contributed by atoms with van der Waals surface area (Å²) in [5, 5.41) is 17.3. The highest BCUT2D eigenvalue weighted by Crippen LogP contribution is 2.43. The molecule has 0 saturated heterocycles. The number of pyridine rings is 2. The Balaban J connectivity index is 0.524. The summed E-state index contributed by atoms with van der Waals surface area (Å²) < 4.78 is 80.5. The van der Waals surface area contributed by atoms with E-state index >= 15 is 0 Å². The molecule has 104 heavy (non-hydrogen) atoms. The van der Waals surface area contributed by atoms with E-state index in [1.807, 2.05) is 6.92 Å². The van der Waals surface area contributed by atoms with Gasteiger partial charge in [-0.05, 0) is 113 Å². The normalized spacial score (nSPS) is 16.8. The van der Waals surface area contributed by atoms with Crippen LogP contribution in [0.5, 0.6) is 5.75 Å². The van der Waals surface area contributed by atoms with Crippen LogP contribution in [0, 0.1) is 11.8 Å². The summed E-state index contributed by atoms with van der Waals surface area (Å²) in [7, 11) is 0. The van der Waals surface area contributed by atoms with E-state index in [0.717, 1.165) is 29.4 Å². The average Bonchev–Trinajstić information content (AvgIpc) is 1.52. The summed E-state index contributed by atoms with van der Waals surface area (Å²) in [6, 6.07) is 13.1. The predicted molar refractivity (Wildman–Crippen MR) is 368 cm³/mol. The first kappa shape index (κ1) is 79.0. The summed E-state index contributed by atoms with van der Waals surface area (Å²) in [5.41, 5.74) is 1.89. The number of hydrogen-bond acceptors (Lipinski definition) is 26. The van der Waals surface area contributed by atoms with E-state index < -0.39 is 53.5 Å². The lowest BCUT2D eigenvalue weighted by atomic mass is 9.81. The van der Waals surface area contributed by atoms with Crippen LogP contribution in [-0.4, -0.2) is 215 Å². The molecule has 4 aliphatic rings. The SMILES string of the molecule is CCc1c2c(nc3ccc(OC(=O)OC(C)(C)C)cc13)-c1cc3c(c(=O)n1C2)COC(=O)[C@@]3(CC)OC(=O)OCc1ccc(NC(=O)COCC(=O)NCCOCCOCCOCCOCCOCCOCCOCCOCCn2cc(CNC(=O)C3CCC(CN4C(=O)C=CC4=O)CC3)nn2)cc1.